The summed E-state index contributed by atoms with van der Waals surface area (Å²) in [6, 6.07) is 12.1. The van der Waals surface area contributed by atoms with E-state index in [0.29, 0.717) is 0 Å². The van der Waals surface area contributed by atoms with E-state index in [4.69, 9.17) is 4.74 Å². The maximum absolute atomic E-state index is 10.6. The summed E-state index contributed by atoms with van der Waals surface area (Å²) in [6.07, 6.45) is -0.0489. The summed E-state index contributed by atoms with van der Waals surface area (Å²) in [6.45, 7) is 4.05. The van der Waals surface area contributed by atoms with Gasteiger partial charge in [0.05, 0.1) is 0 Å². The van der Waals surface area contributed by atoms with Crippen LogP contribution >= 0.6 is 15.9 Å². The Morgan fingerprint density at radius 1 is 1.20 bits per heavy atom. The van der Waals surface area contributed by atoms with Crippen LogP contribution in [0.1, 0.15) is 28.4 Å². The van der Waals surface area contributed by atoms with Gasteiger partial charge in [0.15, 0.2) is 0 Å². The molecule has 0 saturated carbocycles. The Labute approximate surface area is 127 Å². The molecule has 0 saturated heterocycles. The van der Waals surface area contributed by atoms with Gasteiger partial charge in [-0.25, -0.2) is 0 Å². The molecule has 0 amide bonds. The van der Waals surface area contributed by atoms with E-state index in [9.17, 15) is 5.11 Å². The van der Waals surface area contributed by atoms with E-state index in [1.54, 1.807) is 0 Å². The maximum Gasteiger partial charge on any atom is 0.133 e. The van der Waals surface area contributed by atoms with Gasteiger partial charge in [-0.3, -0.25) is 0 Å². The quantitative estimate of drug-likeness (QED) is 0.896. The zero-order valence-electron chi connectivity index (χ0n) is 11.6. The van der Waals surface area contributed by atoms with Crippen LogP contribution in [0.5, 0.6) is 5.75 Å². The lowest BCUT2D eigenvalue weighted by atomic mass is 9.95. The van der Waals surface area contributed by atoms with Crippen molar-refractivity contribution in [1.29, 1.82) is 0 Å². The molecule has 1 aliphatic heterocycles. The Morgan fingerprint density at radius 2 is 1.95 bits per heavy atom. The number of aliphatic hydroxyl groups is 1. The highest BCUT2D eigenvalue weighted by atomic mass is 79.9. The van der Waals surface area contributed by atoms with E-state index < -0.39 is 6.10 Å². The van der Waals surface area contributed by atoms with Gasteiger partial charge in [0, 0.05) is 10.9 Å². The molecule has 2 atom stereocenters. The van der Waals surface area contributed by atoms with Crippen LogP contribution in [-0.2, 0) is 6.42 Å². The van der Waals surface area contributed by atoms with E-state index >= 15 is 0 Å². The van der Waals surface area contributed by atoms with Gasteiger partial charge >= 0.3 is 0 Å². The smallest absolute Gasteiger partial charge is 0.133 e. The van der Waals surface area contributed by atoms with Crippen LogP contribution in [-0.4, -0.2) is 11.2 Å². The normalized spacial score (nSPS) is 18.5. The Kier molecular flexibility index (Phi) is 3.57. The fourth-order valence-electron chi connectivity index (χ4n) is 2.71. The Balaban J connectivity index is 1.88. The number of aryl methyl sites for hydroxylation is 2. The Morgan fingerprint density at radius 3 is 2.70 bits per heavy atom. The predicted molar refractivity (Wildman–Crippen MR) is 83.1 cm³/mol. The van der Waals surface area contributed by atoms with Gasteiger partial charge in [-0.05, 0) is 48.2 Å². The molecule has 1 heterocycles. The van der Waals surface area contributed by atoms with E-state index in [0.717, 1.165) is 33.3 Å². The van der Waals surface area contributed by atoms with Crippen molar-refractivity contribution in [2.45, 2.75) is 32.5 Å². The SMILES string of the molecule is Cc1cc(C(O)C2Cc3ccccc3O2)c(C)cc1Br. The number of para-hydroxylation sites is 1. The number of rotatable bonds is 2. The zero-order chi connectivity index (χ0) is 14.3. The minimum Gasteiger partial charge on any atom is -0.487 e. The molecule has 0 aromatic heterocycles. The number of fused-ring (bicyclic) bond motifs is 1. The third kappa shape index (κ3) is 2.36. The van der Waals surface area contributed by atoms with Crippen molar-refractivity contribution < 1.29 is 9.84 Å². The predicted octanol–water partition coefficient (Wildman–Crippen LogP) is 4.10. The molecule has 0 fully saturated rings. The molecule has 2 unspecified atom stereocenters. The van der Waals surface area contributed by atoms with Crippen molar-refractivity contribution >= 4 is 15.9 Å². The molecular formula is C17H17BrO2. The molecule has 1 N–H and O–H groups in total. The van der Waals surface area contributed by atoms with E-state index in [-0.39, 0.29) is 6.10 Å². The number of hydrogen-bond acceptors (Lipinski definition) is 2. The van der Waals surface area contributed by atoms with Crippen LogP contribution in [0.15, 0.2) is 40.9 Å². The van der Waals surface area contributed by atoms with Crippen molar-refractivity contribution in [3.8, 4) is 5.75 Å². The summed E-state index contributed by atoms with van der Waals surface area (Å²) in [7, 11) is 0. The lowest BCUT2D eigenvalue weighted by Gasteiger charge is -2.21. The van der Waals surface area contributed by atoms with Gasteiger partial charge in [-0.2, -0.15) is 0 Å². The average molecular weight is 333 g/mol. The first-order valence-electron chi connectivity index (χ1n) is 6.75. The highest BCUT2D eigenvalue weighted by Crippen LogP contribution is 2.35. The fourth-order valence-corrected chi connectivity index (χ4v) is 3.17. The van der Waals surface area contributed by atoms with Crippen LogP contribution in [0.4, 0.5) is 0 Å². The first kappa shape index (κ1) is 13.7. The molecule has 3 rings (SSSR count). The van der Waals surface area contributed by atoms with Crippen LogP contribution < -0.4 is 4.74 Å². The Bertz CT molecular complexity index is 626. The largest absolute Gasteiger partial charge is 0.487 e. The van der Waals surface area contributed by atoms with Gasteiger partial charge in [0.2, 0.25) is 0 Å². The molecule has 0 bridgehead atoms. The number of halogens is 1. The second-order valence-electron chi connectivity index (χ2n) is 5.37. The first-order chi connectivity index (χ1) is 9.56. The number of hydrogen-bond donors (Lipinski definition) is 1. The summed E-state index contributed by atoms with van der Waals surface area (Å²) in [5, 5.41) is 10.6. The summed E-state index contributed by atoms with van der Waals surface area (Å²) < 4.78 is 6.96. The van der Waals surface area contributed by atoms with Gasteiger partial charge in [-0.15, -0.1) is 0 Å². The van der Waals surface area contributed by atoms with E-state index in [2.05, 4.69) is 28.1 Å². The second kappa shape index (κ2) is 5.23. The molecule has 2 aromatic rings. The third-order valence-corrected chi connectivity index (χ3v) is 4.74. The molecule has 0 aliphatic carbocycles. The number of aliphatic hydroxyl groups excluding tert-OH is 1. The van der Waals surface area contributed by atoms with Gasteiger partial charge in [-0.1, -0.05) is 40.2 Å². The van der Waals surface area contributed by atoms with E-state index in [1.165, 1.54) is 5.56 Å². The highest BCUT2D eigenvalue weighted by molar-refractivity contribution is 9.10. The molecule has 2 nitrogen and oxygen atoms in total. The summed E-state index contributed by atoms with van der Waals surface area (Å²) >= 11 is 3.52. The number of ether oxygens (including phenoxy) is 1. The van der Waals surface area contributed by atoms with Crippen molar-refractivity contribution in [1.82, 2.24) is 0 Å². The van der Waals surface area contributed by atoms with Crippen molar-refractivity contribution in [3.05, 3.63) is 63.1 Å². The molecular weight excluding hydrogens is 316 g/mol. The van der Waals surface area contributed by atoms with Crippen molar-refractivity contribution in [2.24, 2.45) is 0 Å². The second-order valence-corrected chi connectivity index (χ2v) is 6.23. The van der Waals surface area contributed by atoms with E-state index in [1.807, 2.05) is 38.1 Å². The Hall–Kier alpha value is -1.32. The van der Waals surface area contributed by atoms with Crippen LogP contribution in [0.3, 0.4) is 0 Å². The van der Waals surface area contributed by atoms with Crippen LogP contribution in [0.2, 0.25) is 0 Å². The molecule has 0 radical (unpaired) electrons. The first-order valence-corrected chi connectivity index (χ1v) is 7.55. The van der Waals surface area contributed by atoms with Crippen LogP contribution in [0, 0.1) is 13.8 Å². The minimum absolute atomic E-state index is 0.202. The molecule has 20 heavy (non-hydrogen) atoms. The molecule has 2 aromatic carbocycles. The lowest BCUT2D eigenvalue weighted by Crippen LogP contribution is -2.23. The van der Waals surface area contributed by atoms with Crippen molar-refractivity contribution in [3.63, 3.8) is 0 Å². The number of benzene rings is 2. The molecule has 1 aliphatic rings. The standard InChI is InChI=1S/C17H17BrO2/c1-10-8-14(18)11(2)7-13(10)17(19)16-9-12-5-3-4-6-15(12)20-16/h3-8,16-17,19H,9H2,1-2H3. The monoisotopic (exact) mass is 332 g/mol. The topological polar surface area (TPSA) is 29.5 Å². The average Bonchev–Trinajstić information content (AvgIpc) is 2.86. The maximum atomic E-state index is 10.6. The summed E-state index contributed by atoms with van der Waals surface area (Å²) in [4.78, 5) is 0. The fraction of sp³-hybridized carbons (Fsp3) is 0.294. The van der Waals surface area contributed by atoms with Crippen LogP contribution in [0.25, 0.3) is 0 Å². The zero-order valence-corrected chi connectivity index (χ0v) is 13.1. The summed E-state index contributed by atoms with van der Waals surface area (Å²) in [5.41, 5.74) is 4.32. The van der Waals surface area contributed by atoms with Gasteiger partial charge in [0.1, 0.15) is 18.0 Å². The molecule has 0 spiro atoms. The molecule has 3 heteroatoms. The third-order valence-electron chi connectivity index (χ3n) is 3.89. The summed E-state index contributed by atoms with van der Waals surface area (Å²) in [5.74, 6) is 0.892. The minimum atomic E-state index is -0.603. The van der Waals surface area contributed by atoms with Gasteiger partial charge in [0.25, 0.3) is 0 Å². The van der Waals surface area contributed by atoms with Crippen molar-refractivity contribution in [2.75, 3.05) is 0 Å². The molecule has 104 valence electrons. The highest BCUT2D eigenvalue weighted by Gasteiger charge is 2.30. The lowest BCUT2D eigenvalue weighted by molar-refractivity contribution is 0.0487. The van der Waals surface area contributed by atoms with Gasteiger partial charge < -0.3 is 9.84 Å².